The van der Waals surface area contributed by atoms with Gasteiger partial charge in [0.1, 0.15) is 5.25 Å². The highest BCUT2D eigenvalue weighted by molar-refractivity contribution is 8.00. The molecule has 0 spiro atoms. The average Bonchev–Trinajstić information content (AvgIpc) is 2.40. The first-order chi connectivity index (χ1) is 8.72. The Morgan fingerprint density at radius 2 is 2.06 bits per heavy atom. The van der Waals surface area contributed by atoms with Crippen LogP contribution in [0.4, 0.5) is 0 Å². The number of thioether (sulfide) groups is 1. The second kappa shape index (κ2) is 7.69. The summed E-state index contributed by atoms with van der Waals surface area (Å²) in [7, 11) is 0. The van der Waals surface area contributed by atoms with Gasteiger partial charge in [0.15, 0.2) is 0 Å². The second-order valence-corrected chi connectivity index (χ2v) is 4.81. The monoisotopic (exact) mass is 264 g/mol. The molecule has 0 aliphatic rings. The van der Waals surface area contributed by atoms with Crippen molar-refractivity contribution in [2.45, 2.75) is 30.4 Å². The minimum absolute atomic E-state index is 0.0632. The number of carbonyl (C=O) groups excluding carboxylic acids is 1. The SMILES string of the molecule is CCOC(=O)C(=[N+]=[N-])C(CC)Sc1ccccc1. The normalized spacial score (nSPS) is 11.4. The smallest absolute Gasteiger partial charge is 0.418 e. The first-order valence-corrected chi connectivity index (χ1v) is 6.71. The van der Waals surface area contributed by atoms with Gasteiger partial charge in [-0.05, 0) is 25.5 Å². The van der Waals surface area contributed by atoms with Crippen LogP contribution in [0, 0.1) is 0 Å². The molecule has 0 heterocycles. The molecule has 4 nitrogen and oxygen atoms in total. The summed E-state index contributed by atoms with van der Waals surface area (Å²) in [4.78, 5) is 15.8. The summed E-state index contributed by atoms with van der Waals surface area (Å²) in [5, 5.41) is -0.212. The zero-order valence-corrected chi connectivity index (χ0v) is 11.3. The fraction of sp³-hybridized carbons (Fsp3) is 0.385. The Labute approximate surface area is 111 Å². The Hall–Kier alpha value is -1.58. The molecule has 0 aromatic heterocycles. The zero-order chi connectivity index (χ0) is 13.4. The van der Waals surface area contributed by atoms with E-state index in [0.717, 1.165) is 4.90 Å². The van der Waals surface area contributed by atoms with E-state index >= 15 is 0 Å². The fourth-order valence-electron chi connectivity index (χ4n) is 1.44. The lowest BCUT2D eigenvalue weighted by molar-refractivity contribution is -0.140. The number of rotatable bonds is 6. The maximum absolute atomic E-state index is 11.6. The van der Waals surface area contributed by atoms with E-state index in [9.17, 15) is 4.79 Å². The molecule has 96 valence electrons. The third kappa shape index (κ3) is 4.02. The number of hydrogen-bond acceptors (Lipinski definition) is 3. The molecule has 1 aromatic carbocycles. The van der Waals surface area contributed by atoms with Crippen LogP contribution in [0.25, 0.3) is 5.53 Å². The van der Waals surface area contributed by atoms with E-state index in [4.69, 9.17) is 10.3 Å². The van der Waals surface area contributed by atoms with Gasteiger partial charge in [-0.3, -0.25) is 0 Å². The molecular weight excluding hydrogens is 248 g/mol. The molecule has 0 bridgehead atoms. The fourth-order valence-corrected chi connectivity index (χ4v) is 2.50. The summed E-state index contributed by atoms with van der Waals surface area (Å²) in [5.74, 6) is -0.560. The van der Waals surface area contributed by atoms with Gasteiger partial charge in [-0.2, -0.15) is 4.79 Å². The van der Waals surface area contributed by atoms with Crippen molar-refractivity contribution in [1.82, 2.24) is 0 Å². The Morgan fingerprint density at radius 1 is 1.39 bits per heavy atom. The van der Waals surface area contributed by atoms with Crippen molar-refractivity contribution in [3.8, 4) is 0 Å². The van der Waals surface area contributed by atoms with E-state index in [2.05, 4.69) is 4.79 Å². The standard InChI is InChI=1S/C13H16N2O2S/c1-3-11(12(15-14)13(16)17-4-2)18-10-8-6-5-7-9-10/h5-9,11H,3-4H2,1-2H3. The summed E-state index contributed by atoms with van der Waals surface area (Å²) < 4.78 is 4.87. The molecule has 1 unspecified atom stereocenters. The molecule has 18 heavy (non-hydrogen) atoms. The molecule has 0 radical (unpaired) electrons. The maximum atomic E-state index is 11.6. The van der Waals surface area contributed by atoms with Gasteiger partial charge >= 0.3 is 11.7 Å². The number of hydrogen-bond donors (Lipinski definition) is 0. The van der Waals surface area contributed by atoms with Gasteiger partial charge in [0.25, 0.3) is 0 Å². The molecule has 0 N–H and O–H groups in total. The first-order valence-electron chi connectivity index (χ1n) is 5.83. The summed E-state index contributed by atoms with van der Waals surface area (Å²) in [5.41, 5.74) is 9.04. The minimum atomic E-state index is -0.560. The lowest BCUT2D eigenvalue weighted by atomic mass is 10.2. The molecule has 0 saturated carbocycles. The van der Waals surface area contributed by atoms with E-state index < -0.39 is 5.97 Å². The number of carbonyl (C=O) groups is 1. The van der Waals surface area contributed by atoms with Crippen molar-refractivity contribution >= 4 is 23.4 Å². The molecule has 0 aliphatic carbocycles. The Bertz CT molecular complexity index is 442. The van der Waals surface area contributed by atoms with Crippen molar-refractivity contribution in [1.29, 1.82) is 0 Å². The highest BCUT2D eigenvalue weighted by atomic mass is 32.2. The van der Waals surface area contributed by atoms with Crippen LogP contribution in [0.1, 0.15) is 20.3 Å². The van der Waals surface area contributed by atoms with E-state index in [1.807, 2.05) is 37.3 Å². The van der Waals surface area contributed by atoms with Crippen LogP contribution >= 0.6 is 11.8 Å². The first kappa shape index (κ1) is 14.5. The van der Waals surface area contributed by atoms with Crippen molar-refractivity contribution < 1.29 is 14.3 Å². The van der Waals surface area contributed by atoms with Crippen molar-refractivity contribution in [2.75, 3.05) is 6.61 Å². The number of nitrogens with zero attached hydrogens (tertiary/aromatic N) is 2. The van der Waals surface area contributed by atoms with Gasteiger partial charge in [0.05, 0.1) is 6.61 Å². The second-order valence-electron chi connectivity index (χ2n) is 3.53. The summed E-state index contributed by atoms with van der Waals surface area (Å²) >= 11 is 1.48. The van der Waals surface area contributed by atoms with Crippen LogP contribution in [0.5, 0.6) is 0 Å². The van der Waals surface area contributed by atoms with Gasteiger partial charge in [0.2, 0.25) is 0 Å². The van der Waals surface area contributed by atoms with E-state index in [0.29, 0.717) is 6.42 Å². The van der Waals surface area contributed by atoms with Gasteiger partial charge in [0, 0.05) is 4.90 Å². The van der Waals surface area contributed by atoms with Crippen LogP contribution in [-0.2, 0) is 9.53 Å². The Morgan fingerprint density at radius 3 is 2.56 bits per heavy atom. The Kier molecular flexibility index (Phi) is 6.19. The molecule has 1 rings (SSSR count). The quantitative estimate of drug-likeness (QED) is 0.261. The predicted molar refractivity (Wildman–Crippen MR) is 71.6 cm³/mol. The van der Waals surface area contributed by atoms with Crippen molar-refractivity contribution in [3.63, 3.8) is 0 Å². The van der Waals surface area contributed by atoms with E-state index in [1.54, 1.807) is 6.92 Å². The largest absolute Gasteiger partial charge is 0.457 e. The van der Waals surface area contributed by atoms with Crippen LogP contribution < -0.4 is 0 Å². The molecular formula is C13H16N2O2S. The average molecular weight is 264 g/mol. The van der Waals surface area contributed by atoms with Crippen molar-refractivity contribution in [2.24, 2.45) is 0 Å². The highest BCUT2D eigenvalue weighted by Crippen LogP contribution is 2.25. The third-order valence-electron chi connectivity index (χ3n) is 2.29. The van der Waals surface area contributed by atoms with E-state index in [1.165, 1.54) is 11.8 Å². The summed E-state index contributed by atoms with van der Waals surface area (Å²) in [6, 6.07) is 9.68. The van der Waals surface area contributed by atoms with Crippen LogP contribution in [0.15, 0.2) is 35.2 Å². The molecule has 0 amide bonds. The number of ether oxygens (including phenoxy) is 1. The molecule has 1 aromatic rings. The molecule has 5 heteroatoms. The van der Waals surface area contributed by atoms with Gasteiger partial charge in [-0.25, -0.2) is 4.79 Å². The van der Waals surface area contributed by atoms with Gasteiger partial charge in [-0.15, -0.1) is 11.8 Å². The molecule has 1 atom stereocenters. The summed E-state index contributed by atoms with van der Waals surface area (Å²) in [6.07, 6.45) is 0.678. The number of benzene rings is 1. The van der Waals surface area contributed by atoms with Gasteiger partial charge < -0.3 is 10.3 Å². The molecule has 0 fully saturated rings. The number of esters is 1. The van der Waals surface area contributed by atoms with Crippen LogP contribution in [0.2, 0.25) is 0 Å². The zero-order valence-electron chi connectivity index (χ0n) is 10.5. The lowest BCUT2D eigenvalue weighted by Crippen LogP contribution is -2.28. The third-order valence-corrected chi connectivity index (χ3v) is 3.68. The van der Waals surface area contributed by atoms with E-state index in [-0.39, 0.29) is 17.6 Å². The summed E-state index contributed by atoms with van der Waals surface area (Å²) in [6.45, 7) is 3.92. The van der Waals surface area contributed by atoms with Crippen LogP contribution in [-0.4, -0.2) is 28.3 Å². The minimum Gasteiger partial charge on any atom is -0.457 e. The lowest BCUT2D eigenvalue weighted by Gasteiger charge is -2.09. The van der Waals surface area contributed by atoms with Crippen LogP contribution in [0.3, 0.4) is 0 Å². The molecule has 0 saturated heterocycles. The Balaban J connectivity index is 2.82. The predicted octanol–water partition coefficient (Wildman–Crippen LogP) is 2.79. The topological polar surface area (TPSA) is 62.7 Å². The maximum Gasteiger partial charge on any atom is 0.418 e. The highest BCUT2D eigenvalue weighted by Gasteiger charge is 2.32. The van der Waals surface area contributed by atoms with Gasteiger partial charge in [-0.1, -0.05) is 25.1 Å². The molecule has 0 aliphatic heterocycles. The van der Waals surface area contributed by atoms with Crippen molar-refractivity contribution in [3.05, 3.63) is 35.9 Å².